The van der Waals surface area contributed by atoms with Crippen LogP contribution in [0.5, 0.6) is 0 Å². The van der Waals surface area contributed by atoms with E-state index in [9.17, 15) is 0 Å². The van der Waals surface area contributed by atoms with Crippen LogP contribution in [-0.2, 0) is 0 Å². The number of hydrogen-bond donors (Lipinski definition) is 1. The summed E-state index contributed by atoms with van der Waals surface area (Å²) < 4.78 is 0. The first-order valence-electron chi connectivity index (χ1n) is 7.26. The topological polar surface area (TPSA) is 63.6 Å². The molecule has 0 saturated heterocycles. The highest BCUT2D eigenvalue weighted by Crippen LogP contribution is 2.30. The Balaban J connectivity index is 1.94. The Hall–Kier alpha value is -1.97. The number of aromatic nitrogens is 1. The van der Waals surface area contributed by atoms with Crippen LogP contribution in [0, 0.1) is 5.92 Å². The zero-order valence-electron chi connectivity index (χ0n) is 11.8. The molecule has 0 aromatic carbocycles. The van der Waals surface area contributed by atoms with Gasteiger partial charge in [-0.05, 0) is 42.4 Å². The Morgan fingerprint density at radius 1 is 1.35 bits per heavy atom. The molecular weight excluding hydrogens is 248 g/mol. The first-order chi connectivity index (χ1) is 9.74. The Kier molecular flexibility index (Phi) is 3.63. The van der Waals surface area contributed by atoms with E-state index in [2.05, 4.69) is 34.0 Å². The lowest BCUT2D eigenvalue weighted by Crippen LogP contribution is -2.10. The second-order valence-corrected chi connectivity index (χ2v) is 5.57. The summed E-state index contributed by atoms with van der Waals surface area (Å²) in [6.07, 6.45) is 10.5. The quantitative estimate of drug-likeness (QED) is 0.895. The van der Waals surface area contributed by atoms with Gasteiger partial charge in [0.15, 0.2) is 5.84 Å². The molecule has 1 aliphatic heterocycles. The third-order valence-electron chi connectivity index (χ3n) is 3.94. The zero-order chi connectivity index (χ0) is 13.9. The average molecular weight is 268 g/mol. The van der Waals surface area contributed by atoms with E-state index in [4.69, 9.17) is 5.73 Å². The monoisotopic (exact) mass is 268 g/mol. The van der Waals surface area contributed by atoms with Crippen molar-refractivity contribution in [2.75, 3.05) is 12.3 Å². The second kappa shape index (κ2) is 5.57. The van der Waals surface area contributed by atoms with Crippen LogP contribution < -0.4 is 5.73 Å². The van der Waals surface area contributed by atoms with Crippen LogP contribution in [0.25, 0.3) is 5.57 Å². The summed E-state index contributed by atoms with van der Waals surface area (Å²) in [6.45, 7) is 3.08. The molecule has 0 fully saturated rings. The van der Waals surface area contributed by atoms with Gasteiger partial charge in [0.2, 0.25) is 0 Å². The molecule has 1 aromatic rings. The van der Waals surface area contributed by atoms with Crippen molar-refractivity contribution in [3.63, 3.8) is 0 Å². The Morgan fingerprint density at radius 3 is 2.95 bits per heavy atom. The molecule has 4 heteroatoms. The first-order valence-corrected chi connectivity index (χ1v) is 7.26. The molecule has 2 N–H and O–H groups in total. The van der Waals surface area contributed by atoms with E-state index in [0.29, 0.717) is 11.7 Å². The number of nitrogens with zero attached hydrogens (tertiary/aromatic N) is 3. The molecule has 1 aliphatic carbocycles. The Morgan fingerprint density at radius 2 is 2.25 bits per heavy atom. The van der Waals surface area contributed by atoms with Crippen molar-refractivity contribution in [1.29, 1.82) is 0 Å². The van der Waals surface area contributed by atoms with E-state index >= 15 is 0 Å². The fourth-order valence-electron chi connectivity index (χ4n) is 2.63. The SMILES string of the molecule is CC1CC=C(c2cnc(N)c(C3=NCCC=N3)c2)CC1. The summed E-state index contributed by atoms with van der Waals surface area (Å²) in [4.78, 5) is 13.1. The highest BCUT2D eigenvalue weighted by atomic mass is 15.0. The highest BCUT2D eigenvalue weighted by Gasteiger charge is 2.15. The molecular formula is C16H20N4. The van der Waals surface area contributed by atoms with Crippen LogP contribution in [0.3, 0.4) is 0 Å². The molecule has 104 valence electrons. The first kappa shape index (κ1) is 13.0. The fraction of sp³-hybridized carbons (Fsp3) is 0.438. The molecule has 1 unspecified atom stereocenters. The van der Waals surface area contributed by atoms with Gasteiger partial charge in [0.1, 0.15) is 5.82 Å². The number of hydrogen-bond acceptors (Lipinski definition) is 4. The highest BCUT2D eigenvalue weighted by molar-refractivity contribution is 6.07. The number of nitrogens with two attached hydrogens (primary N) is 1. The number of allylic oxidation sites excluding steroid dienone is 2. The van der Waals surface area contributed by atoms with E-state index in [-0.39, 0.29) is 0 Å². The minimum Gasteiger partial charge on any atom is -0.383 e. The number of nitrogen functional groups attached to an aromatic ring is 1. The van der Waals surface area contributed by atoms with Crippen LogP contribution in [0.4, 0.5) is 5.82 Å². The minimum atomic E-state index is 0.510. The molecule has 0 saturated carbocycles. The largest absolute Gasteiger partial charge is 0.383 e. The number of amidine groups is 1. The summed E-state index contributed by atoms with van der Waals surface area (Å²) in [5, 5.41) is 0. The van der Waals surface area contributed by atoms with Crippen molar-refractivity contribution in [3.05, 3.63) is 29.5 Å². The lowest BCUT2D eigenvalue weighted by Gasteiger charge is -2.19. The summed E-state index contributed by atoms with van der Waals surface area (Å²) in [7, 11) is 0. The summed E-state index contributed by atoms with van der Waals surface area (Å²) >= 11 is 0. The van der Waals surface area contributed by atoms with Crippen molar-refractivity contribution in [2.45, 2.75) is 32.6 Å². The minimum absolute atomic E-state index is 0.510. The van der Waals surface area contributed by atoms with Gasteiger partial charge in [0, 0.05) is 25.4 Å². The summed E-state index contributed by atoms with van der Waals surface area (Å²) in [5.41, 5.74) is 9.38. The van der Waals surface area contributed by atoms with E-state index in [1.807, 2.05) is 12.4 Å². The van der Waals surface area contributed by atoms with Crippen molar-refractivity contribution in [2.24, 2.45) is 15.9 Å². The van der Waals surface area contributed by atoms with E-state index in [1.54, 1.807) is 0 Å². The molecule has 3 rings (SSSR count). The normalized spacial score (nSPS) is 22.4. The summed E-state index contributed by atoms with van der Waals surface area (Å²) in [5.74, 6) is 2.01. The lowest BCUT2D eigenvalue weighted by atomic mass is 9.88. The molecule has 0 radical (unpaired) electrons. The van der Waals surface area contributed by atoms with Crippen molar-refractivity contribution < 1.29 is 0 Å². The number of rotatable bonds is 2. The number of anilines is 1. The van der Waals surface area contributed by atoms with Gasteiger partial charge < -0.3 is 5.73 Å². The predicted octanol–water partition coefficient (Wildman–Crippen LogP) is 3.09. The van der Waals surface area contributed by atoms with Crippen LogP contribution in [0.2, 0.25) is 0 Å². The third kappa shape index (κ3) is 2.64. The zero-order valence-corrected chi connectivity index (χ0v) is 11.8. The van der Waals surface area contributed by atoms with Crippen LogP contribution in [-0.4, -0.2) is 23.6 Å². The predicted molar refractivity (Wildman–Crippen MR) is 84.2 cm³/mol. The van der Waals surface area contributed by atoms with Gasteiger partial charge in [-0.2, -0.15) is 0 Å². The number of pyridine rings is 1. The van der Waals surface area contributed by atoms with E-state index in [0.717, 1.165) is 42.9 Å². The molecule has 0 bridgehead atoms. The van der Waals surface area contributed by atoms with E-state index in [1.165, 1.54) is 12.0 Å². The fourth-order valence-corrected chi connectivity index (χ4v) is 2.63. The van der Waals surface area contributed by atoms with Crippen molar-refractivity contribution in [1.82, 2.24) is 4.98 Å². The van der Waals surface area contributed by atoms with Crippen LogP contribution in [0.15, 0.2) is 28.3 Å². The van der Waals surface area contributed by atoms with Gasteiger partial charge in [0.25, 0.3) is 0 Å². The summed E-state index contributed by atoms with van der Waals surface area (Å²) in [6, 6.07) is 2.09. The lowest BCUT2D eigenvalue weighted by molar-refractivity contribution is 0.534. The molecule has 2 heterocycles. The second-order valence-electron chi connectivity index (χ2n) is 5.57. The molecule has 20 heavy (non-hydrogen) atoms. The Bertz CT molecular complexity index is 598. The van der Waals surface area contributed by atoms with Crippen LogP contribution >= 0.6 is 0 Å². The molecule has 0 spiro atoms. The molecule has 1 aromatic heterocycles. The van der Waals surface area contributed by atoms with Gasteiger partial charge in [-0.25, -0.2) is 9.98 Å². The molecule has 1 atom stereocenters. The molecule has 4 nitrogen and oxygen atoms in total. The average Bonchev–Trinajstić information content (AvgIpc) is 2.50. The van der Waals surface area contributed by atoms with Gasteiger partial charge in [-0.1, -0.05) is 13.0 Å². The molecule has 0 amide bonds. The smallest absolute Gasteiger partial charge is 0.157 e. The van der Waals surface area contributed by atoms with Crippen molar-refractivity contribution in [3.8, 4) is 0 Å². The maximum atomic E-state index is 5.99. The maximum absolute atomic E-state index is 5.99. The third-order valence-corrected chi connectivity index (χ3v) is 3.94. The maximum Gasteiger partial charge on any atom is 0.157 e. The van der Waals surface area contributed by atoms with Crippen LogP contribution in [0.1, 0.15) is 43.7 Å². The van der Waals surface area contributed by atoms with Gasteiger partial charge >= 0.3 is 0 Å². The standard InChI is InChI=1S/C16H20N4/c1-11-3-5-12(6-4-11)13-9-14(15(17)20-10-13)16-18-7-2-8-19-16/h5,7,9-11H,2-4,6,8H2,1H3,(H2,17,20). The van der Waals surface area contributed by atoms with Gasteiger partial charge in [0.05, 0.1) is 5.56 Å². The van der Waals surface area contributed by atoms with Gasteiger partial charge in [-0.3, -0.25) is 4.99 Å². The Labute approximate surface area is 119 Å². The van der Waals surface area contributed by atoms with Crippen molar-refractivity contribution >= 4 is 23.4 Å². The van der Waals surface area contributed by atoms with E-state index < -0.39 is 0 Å². The van der Waals surface area contributed by atoms with Gasteiger partial charge in [-0.15, -0.1) is 0 Å². The number of aliphatic imine (C=N–C) groups is 2. The molecule has 2 aliphatic rings.